The number of pyridine rings is 1. The highest BCUT2D eigenvalue weighted by atomic mass is 16.5. The second-order valence-corrected chi connectivity index (χ2v) is 3.79. The monoisotopic (exact) mass is 208 g/mol. The van der Waals surface area contributed by atoms with E-state index in [9.17, 15) is 0 Å². The van der Waals surface area contributed by atoms with Gasteiger partial charge in [-0.3, -0.25) is 4.98 Å². The molecule has 0 bridgehead atoms. The molecule has 0 aliphatic carbocycles. The molecule has 1 unspecified atom stereocenters. The number of anilines is 1. The Hall–Kier alpha value is -1.09. The van der Waals surface area contributed by atoms with Crippen LogP contribution < -0.4 is 5.32 Å². The van der Waals surface area contributed by atoms with Gasteiger partial charge in [-0.1, -0.05) is 6.92 Å². The van der Waals surface area contributed by atoms with Crippen LogP contribution in [0.25, 0.3) is 0 Å². The lowest BCUT2D eigenvalue weighted by Gasteiger charge is -2.18. The van der Waals surface area contributed by atoms with E-state index in [0.29, 0.717) is 6.04 Å². The van der Waals surface area contributed by atoms with Gasteiger partial charge in [0.25, 0.3) is 0 Å². The first-order chi connectivity index (χ1) is 7.17. The molecule has 3 nitrogen and oxygen atoms in total. The van der Waals surface area contributed by atoms with E-state index in [4.69, 9.17) is 4.74 Å². The van der Waals surface area contributed by atoms with Gasteiger partial charge < -0.3 is 10.1 Å². The summed E-state index contributed by atoms with van der Waals surface area (Å²) in [6.45, 7) is 6.90. The van der Waals surface area contributed by atoms with Crippen molar-refractivity contribution in [1.29, 1.82) is 0 Å². The van der Waals surface area contributed by atoms with Crippen LogP contribution in [0.4, 0.5) is 5.69 Å². The van der Waals surface area contributed by atoms with Gasteiger partial charge >= 0.3 is 0 Å². The number of aryl methyl sites for hydroxylation is 2. The lowest BCUT2D eigenvalue weighted by Crippen LogP contribution is -2.24. The van der Waals surface area contributed by atoms with Crippen molar-refractivity contribution >= 4 is 5.69 Å². The summed E-state index contributed by atoms with van der Waals surface area (Å²) in [6, 6.07) is 4.46. The number of methoxy groups -OCH3 is 1. The zero-order chi connectivity index (χ0) is 11.3. The number of hydrogen-bond donors (Lipinski definition) is 1. The van der Waals surface area contributed by atoms with Gasteiger partial charge in [-0.05, 0) is 32.4 Å². The molecule has 0 radical (unpaired) electrons. The minimum absolute atomic E-state index is 0.359. The fourth-order valence-corrected chi connectivity index (χ4v) is 1.52. The Morgan fingerprint density at radius 1 is 1.40 bits per heavy atom. The highest BCUT2D eigenvalue weighted by Crippen LogP contribution is 2.14. The fraction of sp³-hybridized carbons (Fsp3) is 0.583. The summed E-state index contributed by atoms with van der Waals surface area (Å²) in [6.07, 6.45) is 1.04. The summed E-state index contributed by atoms with van der Waals surface area (Å²) < 4.78 is 5.15. The quantitative estimate of drug-likeness (QED) is 0.807. The zero-order valence-electron chi connectivity index (χ0n) is 10.0. The molecule has 1 rings (SSSR count). The minimum atomic E-state index is 0.359. The molecule has 0 aliphatic rings. The van der Waals surface area contributed by atoms with Gasteiger partial charge in [-0.25, -0.2) is 0 Å². The third-order valence-electron chi connectivity index (χ3n) is 2.45. The molecular weight excluding hydrogens is 188 g/mol. The predicted molar refractivity (Wildman–Crippen MR) is 63.3 cm³/mol. The van der Waals surface area contributed by atoms with Gasteiger partial charge in [-0.15, -0.1) is 0 Å². The van der Waals surface area contributed by atoms with Gasteiger partial charge in [0.2, 0.25) is 0 Å². The summed E-state index contributed by atoms with van der Waals surface area (Å²) in [5, 5.41) is 3.44. The van der Waals surface area contributed by atoms with E-state index in [-0.39, 0.29) is 0 Å². The van der Waals surface area contributed by atoms with Crippen molar-refractivity contribution < 1.29 is 4.74 Å². The molecule has 1 aromatic rings. The lowest BCUT2D eigenvalue weighted by atomic mass is 10.2. The van der Waals surface area contributed by atoms with Crippen LogP contribution >= 0.6 is 0 Å². The molecule has 0 fully saturated rings. The third kappa shape index (κ3) is 3.51. The maximum absolute atomic E-state index is 5.15. The molecule has 1 atom stereocenters. The Morgan fingerprint density at radius 2 is 2.13 bits per heavy atom. The zero-order valence-corrected chi connectivity index (χ0v) is 10.0. The molecule has 0 aromatic carbocycles. The second-order valence-electron chi connectivity index (χ2n) is 3.79. The Labute approximate surface area is 91.9 Å². The molecule has 0 amide bonds. The number of rotatable bonds is 5. The van der Waals surface area contributed by atoms with Crippen LogP contribution in [-0.4, -0.2) is 24.7 Å². The molecular formula is C12H20N2O. The van der Waals surface area contributed by atoms with Crippen molar-refractivity contribution in [3.63, 3.8) is 0 Å². The number of hydrogen-bond acceptors (Lipinski definition) is 3. The summed E-state index contributed by atoms with van der Waals surface area (Å²) in [5.74, 6) is 0. The predicted octanol–water partition coefficient (Wildman–Crippen LogP) is 2.54. The first-order valence-corrected chi connectivity index (χ1v) is 5.37. The van der Waals surface area contributed by atoms with E-state index in [1.807, 2.05) is 19.9 Å². The van der Waals surface area contributed by atoms with Crippen LogP contribution in [0.5, 0.6) is 0 Å². The minimum Gasteiger partial charge on any atom is -0.383 e. The Balaban J connectivity index is 2.70. The maximum Gasteiger partial charge on any atom is 0.0663 e. The van der Waals surface area contributed by atoms with E-state index in [1.165, 1.54) is 0 Å². The van der Waals surface area contributed by atoms with Crippen LogP contribution in [0.1, 0.15) is 24.7 Å². The molecule has 1 N–H and O–H groups in total. The van der Waals surface area contributed by atoms with Gasteiger partial charge in [0.05, 0.1) is 18.0 Å². The molecule has 1 aromatic heterocycles. The molecule has 0 saturated carbocycles. The van der Waals surface area contributed by atoms with Crippen molar-refractivity contribution in [2.24, 2.45) is 0 Å². The smallest absolute Gasteiger partial charge is 0.0663 e. The van der Waals surface area contributed by atoms with E-state index in [2.05, 4.69) is 23.3 Å². The highest BCUT2D eigenvalue weighted by Gasteiger charge is 2.07. The topological polar surface area (TPSA) is 34.1 Å². The molecule has 0 saturated heterocycles. The number of nitrogens with one attached hydrogen (secondary N) is 1. The second kappa shape index (κ2) is 5.71. The number of nitrogens with zero attached hydrogens (tertiary/aromatic N) is 1. The van der Waals surface area contributed by atoms with Crippen molar-refractivity contribution in [3.05, 3.63) is 23.5 Å². The van der Waals surface area contributed by atoms with Crippen molar-refractivity contribution in [2.75, 3.05) is 19.0 Å². The summed E-state index contributed by atoms with van der Waals surface area (Å²) >= 11 is 0. The largest absolute Gasteiger partial charge is 0.383 e. The molecule has 3 heteroatoms. The standard InChI is InChI=1S/C12H20N2O/c1-5-11(8-15-4)14-12-7-6-9(2)13-10(12)3/h6-7,11,14H,5,8H2,1-4H3. The summed E-state index contributed by atoms with van der Waals surface area (Å²) in [5.41, 5.74) is 3.20. The fourth-order valence-electron chi connectivity index (χ4n) is 1.52. The Kier molecular flexibility index (Phi) is 4.56. The van der Waals surface area contributed by atoms with Gasteiger partial charge in [0.1, 0.15) is 0 Å². The average molecular weight is 208 g/mol. The molecule has 0 spiro atoms. The highest BCUT2D eigenvalue weighted by molar-refractivity contribution is 5.48. The van der Waals surface area contributed by atoms with Gasteiger partial charge in [0, 0.05) is 18.8 Å². The van der Waals surface area contributed by atoms with Crippen LogP contribution in [0.2, 0.25) is 0 Å². The van der Waals surface area contributed by atoms with Crippen molar-refractivity contribution in [2.45, 2.75) is 33.2 Å². The van der Waals surface area contributed by atoms with Crippen LogP contribution in [-0.2, 0) is 4.74 Å². The van der Waals surface area contributed by atoms with E-state index >= 15 is 0 Å². The normalized spacial score (nSPS) is 12.5. The van der Waals surface area contributed by atoms with Crippen LogP contribution in [0.3, 0.4) is 0 Å². The number of ether oxygens (including phenoxy) is 1. The maximum atomic E-state index is 5.15. The van der Waals surface area contributed by atoms with Gasteiger partial charge in [-0.2, -0.15) is 0 Å². The molecule has 15 heavy (non-hydrogen) atoms. The van der Waals surface area contributed by atoms with Crippen molar-refractivity contribution in [3.8, 4) is 0 Å². The number of aromatic nitrogens is 1. The van der Waals surface area contributed by atoms with Gasteiger partial charge in [0.15, 0.2) is 0 Å². The van der Waals surface area contributed by atoms with E-state index in [1.54, 1.807) is 7.11 Å². The lowest BCUT2D eigenvalue weighted by molar-refractivity contribution is 0.184. The Morgan fingerprint density at radius 3 is 2.67 bits per heavy atom. The average Bonchev–Trinajstić information content (AvgIpc) is 2.21. The van der Waals surface area contributed by atoms with Crippen molar-refractivity contribution in [1.82, 2.24) is 4.98 Å². The van der Waals surface area contributed by atoms with Crippen LogP contribution in [0.15, 0.2) is 12.1 Å². The van der Waals surface area contributed by atoms with Crippen LogP contribution in [0, 0.1) is 13.8 Å². The molecule has 0 aliphatic heterocycles. The summed E-state index contributed by atoms with van der Waals surface area (Å²) in [7, 11) is 1.73. The van der Waals surface area contributed by atoms with E-state index < -0.39 is 0 Å². The SMILES string of the molecule is CCC(COC)Nc1ccc(C)nc1C. The van der Waals surface area contributed by atoms with E-state index in [0.717, 1.165) is 30.1 Å². The first-order valence-electron chi connectivity index (χ1n) is 5.37. The molecule has 84 valence electrons. The molecule has 1 heterocycles. The Bertz CT molecular complexity index is 312. The first kappa shape index (κ1) is 12.0. The third-order valence-corrected chi connectivity index (χ3v) is 2.45. The summed E-state index contributed by atoms with van der Waals surface area (Å²) in [4.78, 5) is 4.42.